The van der Waals surface area contributed by atoms with Gasteiger partial charge in [0.05, 0.1) is 12.3 Å². The number of aryl methyl sites for hydroxylation is 1. The van der Waals surface area contributed by atoms with Crippen LogP contribution < -0.4 is 0 Å². The van der Waals surface area contributed by atoms with Gasteiger partial charge >= 0.3 is 0 Å². The summed E-state index contributed by atoms with van der Waals surface area (Å²) in [5.41, 5.74) is 1.02. The number of hydrogen-bond acceptors (Lipinski definition) is 2. The van der Waals surface area contributed by atoms with Crippen molar-refractivity contribution in [1.82, 2.24) is 4.31 Å². The molecule has 92 valence electrons. The van der Waals surface area contributed by atoms with E-state index in [0.29, 0.717) is 13.0 Å². The standard InChI is InChI=1S/C13H17NO2S/c1-3-11-14(4-2)17(15,16)12-10-13-8-6-5-7-9-13/h1,5-9H,4,10-12H2,2H3. The van der Waals surface area contributed by atoms with Gasteiger partial charge in [-0.15, -0.1) is 6.42 Å². The second-order valence-electron chi connectivity index (χ2n) is 3.68. The van der Waals surface area contributed by atoms with Crippen molar-refractivity contribution in [2.24, 2.45) is 0 Å². The van der Waals surface area contributed by atoms with E-state index in [4.69, 9.17) is 6.42 Å². The lowest BCUT2D eigenvalue weighted by Gasteiger charge is -2.17. The van der Waals surface area contributed by atoms with Crippen LogP contribution in [0.3, 0.4) is 0 Å². The summed E-state index contributed by atoms with van der Waals surface area (Å²) in [6.07, 6.45) is 5.67. The molecule has 0 aromatic heterocycles. The molecule has 0 atom stereocenters. The summed E-state index contributed by atoms with van der Waals surface area (Å²) < 4.78 is 25.2. The summed E-state index contributed by atoms with van der Waals surface area (Å²) in [7, 11) is -3.24. The number of nitrogens with zero attached hydrogens (tertiary/aromatic N) is 1. The Kier molecular flexibility index (Phi) is 5.20. The van der Waals surface area contributed by atoms with Crippen LogP contribution >= 0.6 is 0 Å². The molecule has 0 saturated heterocycles. The highest BCUT2D eigenvalue weighted by atomic mass is 32.2. The molecule has 3 nitrogen and oxygen atoms in total. The Balaban J connectivity index is 2.64. The normalized spacial score (nSPS) is 11.4. The van der Waals surface area contributed by atoms with Crippen molar-refractivity contribution in [3.05, 3.63) is 35.9 Å². The van der Waals surface area contributed by atoms with Crippen LogP contribution in [0.2, 0.25) is 0 Å². The summed E-state index contributed by atoms with van der Waals surface area (Å²) in [6.45, 7) is 2.35. The van der Waals surface area contributed by atoms with Gasteiger partial charge in [0.2, 0.25) is 10.0 Å². The third-order valence-electron chi connectivity index (χ3n) is 2.51. The van der Waals surface area contributed by atoms with Crippen LogP contribution in [0.25, 0.3) is 0 Å². The van der Waals surface area contributed by atoms with E-state index >= 15 is 0 Å². The maximum atomic E-state index is 12.0. The van der Waals surface area contributed by atoms with Gasteiger partial charge in [0.25, 0.3) is 0 Å². The van der Waals surface area contributed by atoms with Crippen LogP contribution in [0.5, 0.6) is 0 Å². The van der Waals surface area contributed by atoms with Gasteiger partial charge in [0.15, 0.2) is 0 Å². The monoisotopic (exact) mass is 251 g/mol. The molecule has 0 heterocycles. The predicted octanol–water partition coefficient (Wildman–Crippen LogP) is 1.51. The lowest BCUT2D eigenvalue weighted by Crippen LogP contribution is -2.33. The van der Waals surface area contributed by atoms with Gasteiger partial charge in [-0.2, -0.15) is 4.31 Å². The van der Waals surface area contributed by atoms with Crippen molar-refractivity contribution in [3.63, 3.8) is 0 Å². The molecule has 4 heteroatoms. The van der Waals surface area contributed by atoms with Gasteiger partial charge in [-0.1, -0.05) is 43.2 Å². The largest absolute Gasteiger partial charge is 0.215 e. The summed E-state index contributed by atoms with van der Waals surface area (Å²) in [4.78, 5) is 0. The molecule has 1 rings (SSSR count). The Hall–Kier alpha value is -1.31. The zero-order valence-electron chi connectivity index (χ0n) is 9.96. The van der Waals surface area contributed by atoms with Crippen molar-refractivity contribution in [2.75, 3.05) is 18.8 Å². The van der Waals surface area contributed by atoms with Crippen molar-refractivity contribution in [1.29, 1.82) is 0 Å². The van der Waals surface area contributed by atoms with Crippen LogP contribution in [0, 0.1) is 12.3 Å². The Bertz CT molecular complexity index is 474. The van der Waals surface area contributed by atoms with Crippen LogP contribution in [-0.2, 0) is 16.4 Å². The second kappa shape index (κ2) is 6.43. The first-order valence-corrected chi connectivity index (χ1v) is 7.16. The van der Waals surface area contributed by atoms with Crippen molar-refractivity contribution >= 4 is 10.0 Å². The van der Waals surface area contributed by atoms with Gasteiger partial charge < -0.3 is 0 Å². The number of terminal acetylenes is 1. The van der Waals surface area contributed by atoms with Crippen molar-refractivity contribution in [2.45, 2.75) is 13.3 Å². The topological polar surface area (TPSA) is 37.4 Å². The molecule has 0 aliphatic carbocycles. The zero-order chi connectivity index (χ0) is 12.7. The third kappa shape index (κ3) is 4.22. The van der Waals surface area contributed by atoms with E-state index < -0.39 is 10.0 Å². The number of rotatable bonds is 6. The maximum Gasteiger partial charge on any atom is 0.215 e. The van der Waals surface area contributed by atoms with Gasteiger partial charge in [-0.25, -0.2) is 8.42 Å². The summed E-state index contributed by atoms with van der Waals surface area (Å²) in [5.74, 6) is 2.47. The SMILES string of the molecule is C#CCN(CC)S(=O)(=O)CCc1ccccc1. The van der Waals surface area contributed by atoms with Crippen LogP contribution in [-0.4, -0.2) is 31.6 Å². The molecule has 0 aliphatic heterocycles. The van der Waals surface area contributed by atoms with Gasteiger partial charge in [0, 0.05) is 6.54 Å². The van der Waals surface area contributed by atoms with Gasteiger partial charge in [-0.3, -0.25) is 0 Å². The lowest BCUT2D eigenvalue weighted by molar-refractivity contribution is 0.464. The molecule has 0 radical (unpaired) electrons. The Morgan fingerprint density at radius 1 is 1.29 bits per heavy atom. The van der Waals surface area contributed by atoms with Gasteiger partial charge in [-0.05, 0) is 12.0 Å². The fraction of sp³-hybridized carbons (Fsp3) is 0.385. The minimum absolute atomic E-state index is 0.104. The molecule has 0 spiro atoms. The fourth-order valence-corrected chi connectivity index (χ4v) is 2.95. The van der Waals surface area contributed by atoms with E-state index in [-0.39, 0.29) is 12.3 Å². The van der Waals surface area contributed by atoms with Crippen molar-refractivity contribution < 1.29 is 8.42 Å². The second-order valence-corrected chi connectivity index (χ2v) is 5.77. The zero-order valence-corrected chi connectivity index (χ0v) is 10.8. The van der Waals surface area contributed by atoms with E-state index in [1.807, 2.05) is 30.3 Å². The molecule has 0 fully saturated rings. The first kappa shape index (κ1) is 13.8. The molecule has 0 bridgehead atoms. The molecule has 0 amide bonds. The minimum atomic E-state index is -3.24. The van der Waals surface area contributed by atoms with E-state index in [2.05, 4.69) is 5.92 Å². The number of hydrogen-bond donors (Lipinski definition) is 0. The van der Waals surface area contributed by atoms with Crippen LogP contribution in [0.15, 0.2) is 30.3 Å². The average Bonchev–Trinajstić information content (AvgIpc) is 2.34. The molecule has 0 saturated carbocycles. The molecular weight excluding hydrogens is 234 g/mol. The van der Waals surface area contributed by atoms with E-state index in [1.54, 1.807) is 6.92 Å². The summed E-state index contributed by atoms with van der Waals surface area (Å²) >= 11 is 0. The Labute approximate surface area is 104 Å². The Morgan fingerprint density at radius 3 is 2.47 bits per heavy atom. The first-order valence-electron chi connectivity index (χ1n) is 5.55. The van der Waals surface area contributed by atoms with Crippen LogP contribution in [0.1, 0.15) is 12.5 Å². The number of benzene rings is 1. The quantitative estimate of drug-likeness (QED) is 0.719. The highest BCUT2D eigenvalue weighted by molar-refractivity contribution is 7.89. The highest BCUT2D eigenvalue weighted by Gasteiger charge is 2.18. The van der Waals surface area contributed by atoms with Crippen molar-refractivity contribution in [3.8, 4) is 12.3 Å². The molecule has 0 N–H and O–H groups in total. The smallest absolute Gasteiger partial charge is 0.212 e. The lowest BCUT2D eigenvalue weighted by atomic mass is 10.2. The van der Waals surface area contributed by atoms with Gasteiger partial charge in [0.1, 0.15) is 0 Å². The average molecular weight is 251 g/mol. The predicted molar refractivity (Wildman–Crippen MR) is 70.0 cm³/mol. The molecule has 1 aromatic rings. The molecule has 0 aliphatic rings. The summed E-state index contributed by atoms with van der Waals surface area (Å²) in [5, 5.41) is 0. The minimum Gasteiger partial charge on any atom is -0.212 e. The van der Waals surface area contributed by atoms with E-state index in [1.165, 1.54) is 4.31 Å². The number of sulfonamides is 1. The molecular formula is C13H17NO2S. The first-order chi connectivity index (χ1) is 8.10. The molecule has 0 unspecified atom stereocenters. The van der Waals surface area contributed by atoms with Crippen LogP contribution in [0.4, 0.5) is 0 Å². The highest BCUT2D eigenvalue weighted by Crippen LogP contribution is 2.06. The Morgan fingerprint density at radius 2 is 1.94 bits per heavy atom. The molecule has 17 heavy (non-hydrogen) atoms. The van der Waals surface area contributed by atoms with E-state index in [9.17, 15) is 8.42 Å². The fourth-order valence-electron chi connectivity index (χ4n) is 1.53. The summed E-state index contributed by atoms with van der Waals surface area (Å²) in [6, 6.07) is 9.57. The third-order valence-corrected chi connectivity index (χ3v) is 4.40. The van der Waals surface area contributed by atoms with E-state index in [0.717, 1.165) is 5.56 Å². The maximum absolute atomic E-state index is 12.0. The molecule has 1 aromatic carbocycles.